The van der Waals surface area contributed by atoms with Gasteiger partial charge in [0.1, 0.15) is 5.01 Å². The first-order valence-corrected chi connectivity index (χ1v) is 7.87. The molecule has 1 aromatic heterocycles. The molecule has 0 amide bonds. The average molecular weight is 311 g/mol. The van der Waals surface area contributed by atoms with Crippen LogP contribution in [0.3, 0.4) is 0 Å². The SMILES string of the molecule is CC(C)CNCCCc1nnc(-c2cccc(F)c2F)s1. The number of nitrogens with one attached hydrogen (secondary N) is 1. The van der Waals surface area contributed by atoms with Crippen LogP contribution in [0.5, 0.6) is 0 Å². The summed E-state index contributed by atoms with van der Waals surface area (Å²) in [5.41, 5.74) is 0.177. The number of aromatic nitrogens is 2. The van der Waals surface area contributed by atoms with E-state index in [9.17, 15) is 8.78 Å². The third-order valence-corrected chi connectivity index (χ3v) is 3.96. The summed E-state index contributed by atoms with van der Waals surface area (Å²) in [7, 11) is 0. The summed E-state index contributed by atoms with van der Waals surface area (Å²) in [6.07, 6.45) is 1.74. The Kier molecular flexibility index (Phi) is 5.76. The van der Waals surface area contributed by atoms with Crippen molar-refractivity contribution < 1.29 is 8.78 Å². The van der Waals surface area contributed by atoms with Crippen molar-refractivity contribution in [1.29, 1.82) is 0 Å². The largest absolute Gasteiger partial charge is 0.316 e. The van der Waals surface area contributed by atoms with E-state index in [1.54, 1.807) is 0 Å². The van der Waals surface area contributed by atoms with E-state index in [4.69, 9.17) is 0 Å². The topological polar surface area (TPSA) is 37.8 Å². The van der Waals surface area contributed by atoms with E-state index in [0.29, 0.717) is 10.9 Å². The first-order valence-electron chi connectivity index (χ1n) is 7.05. The van der Waals surface area contributed by atoms with Crippen molar-refractivity contribution in [3.05, 3.63) is 34.8 Å². The van der Waals surface area contributed by atoms with Crippen molar-refractivity contribution in [2.24, 2.45) is 5.92 Å². The fraction of sp³-hybridized carbons (Fsp3) is 0.467. The van der Waals surface area contributed by atoms with Crippen molar-refractivity contribution in [1.82, 2.24) is 15.5 Å². The first kappa shape index (κ1) is 16.0. The maximum atomic E-state index is 13.7. The Labute approximate surface area is 127 Å². The van der Waals surface area contributed by atoms with Gasteiger partial charge in [-0.1, -0.05) is 31.3 Å². The van der Waals surface area contributed by atoms with Crippen molar-refractivity contribution in [3.63, 3.8) is 0 Å². The van der Waals surface area contributed by atoms with Crippen LogP contribution in [0.2, 0.25) is 0 Å². The van der Waals surface area contributed by atoms with Crippen LogP contribution in [0.25, 0.3) is 10.6 Å². The molecule has 0 aliphatic rings. The summed E-state index contributed by atoms with van der Waals surface area (Å²) < 4.78 is 26.9. The Balaban J connectivity index is 1.91. The summed E-state index contributed by atoms with van der Waals surface area (Å²) in [6, 6.07) is 4.10. The highest BCUT2D eigenvalue weighted by Crippen LogP contribution is 2.27. The second-order valence-corrected chi connectivity index (χ2v) is 6.37. The lowest BCUT2D eigenvalue weighted by atomic mass is 10.2. The molecule has 6 heteroatoms. The molecule has 0 fully saturated rings. The normalized spacial score (nSPS) is 11.3. The molecule has 1 N–H and O–H groups in total. The summed E-state index contributed by atoms with van der Waals surface area (Å²) in [5, 5.41) is 12.6. The Morgan fingerprint density at radius 1 is 1.24 bits per heavy atom. The van der Waals surface area contributed by atoms with E-state index in [-0.39, 0.29) is 5.56 Å². The van der Waals surface area contributed by atoms with Crippen LogP contribution >= 0.6 is 11.3 Å². The minimum absolute atomic E-state index is 0.177. The van der Waals surface area contributed by atoms with Gasteiger partial charge in [-0.15, -0.1) is 10.2 Å². The molecule has 21 heavy (non-hydrogen) atoms. The standard InChI is InChI=1S/C15H19F2N3S/c1-10(2)9-18-8-4-7-13-19-20-15(21-13)11-5-3-6-12(16)14(11)17/h3,5-6,10,18H,4,7-9H2,1-2H3. The molecule has 1 heterocycles. The molecule has 114 valence electrons. The van der Waals surface area contributed by atoms with Gasteiger partial charge < -0.3 is 5.32 Å². The van der Waals surface area contributed by atoms with Crippen LogP contribution in [-0.2, 0) is 6.42 Å². The Morgan fingerprint density at radius 2 is 2.05 bits per heavy atom. The van der Waals surface area contributed by atoms with E-state index in [1.807, 2.05) is 0 Å². The van der Waals surface area contributed by atoms with Crippen LogP contribution in [0, 0.1) is 17.6 Å². The van der Waals surface area contributed by atoms with Crippen molar-refractivity contribution >= 4 is 11.3 Å². The zero-order valence-electron chi connectivity index (χ0n) is 12.2. The molecule has 3 nitrogen and oxygen atoms in total. The molecule has 0 bridgehead atoms. The van der Waals surface area contributed by atoms with E-state index in [0.717, 1.165) is 37.0 Å². The van der Waals surface area contributed by atoms with E-state index >= 15 is 0 Å². The van der Waals surface area contributed by atoms with Crippen LogP contribution in [-0.4, -0.2) is 23.3 Å². The van der Waals surface area contributed by atoms with Gasteiger partial charge in [-0.25, -0.2) is 8.78 Å². The maximum Gasteiger partial charge on any atom is 0.169 e. The highest BCUT2D eigenvalue weighted by molar-refractivity contribution is 7.14. The monoisotopic (exact) mass is 311 g/mol. The van der Waals surface area contributed by atoms with Crippen molar-refractivity contribution in [2.75, 3.05) is 13.1 Å². The van der Waals surface area contributed by atoms with E-state index in [1.165, 1.54) is 23.5 Å². The number of rotatable bonds is 7. The number of benzene rings is 1. The highest BCUT2D eigenvalue weighted by atomic mass is 32.1. The highest BCUT2D eigenvalue weighted by Gasteiger charge is 2.14. The number of hydrogen-bond donors (Lipinski definition) is 1. The number of nitrogens with zero attached hydrogens (tertiary/aromatic N) is 2. The van der Waals surface area contributed by atoms with Gasteiger partial charge >= 0.3 is 0 Å². The molecular formula is C15H19F2N3S. The number of hydrogen-bond acceptors (Lipinski definition) is 4. The van der Waals surface area contributed by atoms with Gasteiger partial charge in [-0.3, -0.25) is 0 Å². The van der Waals surface area contributed by atoms with Crippen molar-refractivity contribution in [2.45, 2.75) is 26.7 Å². The molecule has 2 rings (SSSR count). The minimum Gasteiger partial charge on any atom is -0.316 e. The molecule has 1 aromatic carbocycles. The van der Waals surface area contributed by atoms with Gasteiger partial charge in [-0.2, -0.15) is 0 Å². The fourth-order valence-corrected chi connectivity index (χ4v) is 2.79. The summed E-state index contributed by atoms with van der Waals surface area (Å²) in [6.45, 7) is 6.24. The zero-order chi connectivity index (χ0) is 15.2. The van der Waals surface area contributed by atoms with Crippen LogP contribution in [0.15, 0.2) is 18.2 Å². The van der Waals surface area contributed by atoms with Gasteiger partial charge in [0.25, 0.3) is 0 Å². The van der Waals surface area contributed by atoms with Crippen LogP contribution in [0.4, 0.5) is 8.78 Å². The van der Waals surface area contributed by atoms with Crippen LogP contribution < -0.4 is 5.32 Å². The van der Waals surface area contributed by atoms with Gasteiger partial charge in [0.05, 0.1) is 5.56 Å². The molecule has 0 unspecified atom stereocenters. The lowest BCUT2D eigenvalue weighted by molar-refractivity contribution is 0.511. The minimum atomic E-state index is -0.862. The molecule has 2 aromatic rings. The second-order valence-electron chi connectivity index (χ2n) is 5.30. The lowest BCUT2D eigenvalue weighted by Crippen LogP contribution is -2.21. The quantitative estimate of drug-likeness (QED) is 0.793. The molecular weight excluding hydrogens is 292 g/mol. The summed E-state index contributed by atoms with van der Waals surface area (Å²) in [4.78, 5) is 0. The molecule has 0 aliphatic heterocycles. The molecule has 0 aliphatic carbocycles. The van der Waals surface area contributed by atoms with E-state index in [2.05, 4.69) is 29.4 Å². The molecule has 0 atom stereocenters. The van der Waals surface area contributed by atoms with Crippen molar-refractivity contribution in [3.8, 4) is 10.6 Å². The molecule has 0 saturated carbocycles. The number of halogens is 2. The molecule has 0 spiro atoms. The molecule has 0 radical (unpaired) electrons. The maximum absolute atomic E-state index is 13.7. The molecule has 0 saturated heterocycles. The third-order valence-electron chi connectivity index (χ3n) is 2.95. The Bertz CT molecular complexity index is 584. The first-order chi connectivity index (χ1) is 10.1. The van der Waals surface area contributed by atoms with Crippen LogP contribution in [0.1, 0.15) is 25.3 Å². The predicted molar refractivity (Wildman–Crippen MR) is 81.3 cm³/mol. The second kappa shape index (κ2) is 7.56. The van der Waals surface area contributed by atoms with Gasteiger partial charge in [-0.05, 0) is 37.6 Å². The summed E-state index contributed by atoms with van der Waals surface area (Å²) in [5.74, 6) is -1.09. The van der Waals surface area contributed by atoms with Gasteiger partial charge in [0, 0.05) is 6.42 Å². The van der Waals surface area contributed by atoms with E-state index < -0.39 is 11.6 Å². The Hall–Kier alpha value is -1.40. The zero-order valence-corrected chi connectivity index (χ0v) is 13.0. The number of aryl methyl sites for hydroxylation is 1. The van der Waals surface area contributed by atoms with Gasteiger partial charge in [0.15, 0.2) is 16.6 Å². The Morgan fingerprint density at radius 3 is 2.81 bits per heavy atom. The third kappa shape index (κ3) is 4.54. The van der Waals surface area contributed by atoms with Gasteiger partial charge in [0.2, 0.25) is 0 Å². The lowest BCUT2D eigenvalue weighted by Gasteiger charge is -2.05. The smallest absolute Gasteiger partial charge is 0.169 e. The predicted octanol–water partition coefficient (Wildman–Crippen LogP) is 3.66. The fourth-order valence-electron chi connectivity index (χ4n) is 1.89. The summed E-state index contributed by atoms with van der Waals surface area (Å²) >= 11 is 1.32. The average Bonchev–Trinajstić information content (AvgIpc) is 2.90.